The molecule has 5 heteroatoms. The van der Waals surface area contributed by atoms with E-state index in [2.05, 4.69) is 37.5 Å². The second-order valence-corrected chi connectivity index (χ2v) is 8.37. The van der Waals surface area contributed by atoms with E-state index in [1.165, 1.54) is 0 Å². The summed E-state index contributed by atoms with van der Waals surface area (Å²) in [6.07, 6.45) is 6.23. The van der Waals surface area contributed by atoms with Crippen molar-refractivity contribution in [2.24, 2.45) is 15.7 Å². The summed E-state index contributed by atoms with van der Waals surface area (Å²) in [6, 6.07) is 0. The SMILES string of the molecule is CCCCNP(N)(=S)N=CCC(C)(C)CC. The molecule has 0 spiro atoms. The molecule has 3 nitrogen and oxygen atoms in total. The van der Waals surface area contributed by atoms with Gasteiger partial charge < -0.3 is 0 Å². The van der Waals surface area contributed by atoms with Gasteiger partial charge >= 0.3 is 0 Å². The summed E-state index contributed by atoms with van der Waals surface area (Å²) in [7, 11) is 0. The van der Waals surface area contributed by atoms with Crippen LogP contribution in [0, 0.1) is 5.41 Å². The monoisotopic (exact) mass is 263 g/mol. The molecule has 0 aliphatic rings. The van der Waals surface area contributed by atoms with Crippen LogP contribution in [0.4, 0.5) is 0 Å². The maximum absolute atomic E-state index is 5.95. The van der Waals surface area contributed by atoms with Crippen molar-refractivity contribution in [3.8, 4) is 0 Å². The number of hydrogen-bond acceptors (Lipinski definition) is 1. The lowest BCUT2D eigenvalue weighted by Gasteiger charge is -2.20. The Kier molecular flexibility index (Phi) is 7.66. The number of nitrogens with one attached hydrogen (secondary N) is 1. The standard InChI is InChI=1S/C11H26N3PS/c1-5-7-9-13-15(12,16)14-10-8-11(3,4)6-2/h10H,5-9H2,1-4H3,(H3,12,13,16). The van der Waals surface area contributed by atoms with E-state index in [0.29, 0.717) is 5.41 Å². The van der Waals surface area contributed by atoms with Gasteiger partial charge in [-0.1, -0.05) is 40.5 Å². The Hall–Kier alpha value is 0.240. The van der Waals surface area contributed by atoms with Gasteiger partial charge in [-0.2, -0.15) is 0 Å². The van der Waals surface area contributed by atoms with E-state index in [1.807, 2.05) is 6.21 Å². The Morgan fingerprint density at radius 1 is 1.44 bits per heavy atom. The summed E-state index contributed by atoms with van der Waals surface area (Å²) in [4.78, 5) is 0. The topological polar surface area (TPSA) is 50.4 Å². The Balaban J connectivity index is 4.05. The van der Waals surface area contributed by atoms with Crippen molar-refractivity contribution >= 4 is 24.5 Å². The average Bonchev–Trinajstić information content (AvgIpc) is 2.17. The van der Waals surface area contributed by atoms with Gasteiger partial charge in [0.05, 0.1) is 0 Å². The predicted molar refractivity (Wildman–Crippen MR) is 78.6 cm³/mol. The third-order valence-corrected chi connectivity index (χ3v) is 4.58. The van der Waals surface area contributed by atoms with Crippen LogP contribution in [0.25, 0.3) is 0 Å². The molecule has 0 aromatic rings. The van der Waals surface area contributed by atoms with Gasteiger partial charge in [-0.15, -0.1) is 0 Å². The van der Waals surface area contributed by atoms with Crippen LogP contribution in [0.15, 0.2) is 4.76 Å². The first kappa shape index (κ1) is 16.2. The molecule has 0 aliphatic heterocycles. The van der Waals surface area contributed by atoms with Crippen molar-refractivity contribution in [1.82, 2.24) is 5.09 Å². The molecule has 96 valence electrons. The van der Waals surface area contributed by atoms with Crippen molar-refractivity contribution in [2.45, 2.75) is 53.4 Å². The normalized spacial score (nSPS) is 16.6. The molecule has 0 bridgehead atoms. The van der Waals surface area contributed by atoms with E-state index in [-0.39, 0.29) is 0 Å². The lowest BCUT2D eigenvalue weighted by atomic mass is 9.87. The summed E-state index contributed by atoms with van der Waals surface area (Å²) in [5.74, 6) is 0. The molecule has 0 saturated heterocycles. The van der Waals surface area contributed by atoms with Crippen LogP contribution in [0.5, 0.6) is 0 Å². The molecule has 0 fully saturated rings. The number of unbranched alkanes of at least 4 members (excludes halogenated alkanes) is 1. The van der Waals surface area contributed by atoms with Gasteiger partial charge in [-0.25, -0.2) is 4.76 Å². The van der Waals surface area contributed by atoms with E-state index >= 15 is 0 Å². The molecule has 1 unspecified atom stereocenters. The van der Waals surface area contributed by atoms with Crippen molar-refractivity contribution in [2.75, 3.05) is 6.54 Å². The minimum atomic E-state index is -2.17. The first-order valence-electron chi connectivity index (χ1n) is 6.01. The third-order valence-electron chi connectivity index (χ3n) is 2.72. The highest BCUT2D eigenvalue weighted by molar-refractivity contribution is 8.11. The van der Waals surface area contributed by atoms with Crippen molar-refractivity contribution in [3.63, 3.8) is 0 Å². The number of hydrogen-bond donors (Lipinski definition) is 2. The molecule has 0 aromatic heterocycles. The summed E-state index contributed by atoms with van der Waals surface area (Å²) in [5.41, 5.74) is 6.24. The van der Waals surface area contributed by atoms with E-state index < -0.39 is 6.49 Å². The second-order valence-electron chi connectivity index (χ2n) is 4.90. The van der Waals surface area contributed by atoms with Gasteiger partial charge in [0.25, 0.3) is 0 Å². The van der Waals surface area contributed by atoms with Gasteiger partial charge in [-0.3, -0.25) is 10.6 Å². The minimum Gasteiger partial charge on any atom is -0.274 e. The Morgan fingerprint density at radius 2 is 2.06 bits per heavy atom. The van der Waals surface area contributed by atoms with E-state index in [9.17, 15) is 0 Å². The Labute approximate surface area is 105 Å². The fourth-order valence-electron chi connectivity index (χ4n) is 1.01. The van der Waals surface area contributed by atoms with Crippen LogP contribution in [-0.4, -0.2) is 12.8 Å². The maximum Gasteiger partial charge on any atom is 0.179 e. The molecular weight excluding hydrogens is 237 g/mol. The predicted octanol–water partition coefficient (Wildman–Crippen LogP) is 3.46. The van der Waals surface area contributed by atoms with Crippen LogP contribution in [-0.2, 0) is 11.8 Å². The fraction of sp³-hybridized carbons (Fsp3) is 0.909. The van der Waals surface area contributed by atoms with E-state index in [0.717, 1.165) is 32.2 Å². The number of rotatable bonds is 8. The van der Waals surface area contributed by atoms with Crippen LogP contribution >= 0.6 is 6.49 Å². The molecule has 0 heterocycles. The highest BCUT2D eigenvalue weighted by atomic mass is 32.4. The lowest BCUT2D eigenvalue weighted by molar-refractivity contribution is 0.371. The zero-order valence-corrected chi connectivity index (χ0v) is 12.7. The van der Waals surface area contributed by atoms with Gasteiger partial charge in [0.1, 0.15) is 0 Å². The van der Waals surface area contributed by atoms with Gasteiger partial charge in [0.2, 0.25) is 0 Å². The second kappa shape index (κ2) is 7.54. The zero-order chi connectivity index (χ0) is 12.7. The van der Waals surface area contributed by atoms with Crippen LogP contribution in [0.1, 0.15) is 53.4 Å². The summed E-state index contributed by atoms with van der Waals surface area (Å²) in [5, 5.41) is 3.17. The largest absolute Gasteiger partial charge is 0.274 e. The molecule has 0 aliphatic carbocycles. The van der Waals surface area contributed by atoms with Crippen LogP contribution in [0.3, 0.4) is 0 Å². The molecule has 0 rings (SSSR count). The highest BCUT2D eigenvalue weighted by Crippen LogP contribution is 2.33. The number of nitrogens with zero attached hydrogens (tertiary/aromatic N) is 1. The quantitative estimate of drug-likeness (QED) is 0.400. The van der Waals surface area contributed by atoms with Crippen LogP contribution < -0.4 is 10.6 Å². The third kappa shape index (κ3) is 8.40. The summed E-state index contributed by atoms with van der Waals surface area (Å²) in [6.45, 7) is 7.49. The maximum atomic E-state index is 5.95. The minimum absolute atomic E-state index is 0.294. The first-order valence-corrected chi connectivity index (χ1v) is 8.83. The van der Waals surface area contributed by atoms with E-state index in [1.54, 1.807) is 0 Å². The summed E-state index contributed by atoms with van der Waals surface area (Å²) >= 11 is 5.26. The van der Waals surface area contributed by atoms with Crippen molar-refractivity contribution in [3.05, 3.63) is 0 Å². The molecular formula is C11H26N3PS. The molecule has 0 saturated carbocycles. The summed E-state index contributed by atoms with van der Waals surface area (Å²) < 4.78 is 4.33. The Morgan fingerprint density at radius 3 is 2.56 bits per heavy atom. The highest BCUT2D eigenvalue weighted by Gasteiger charge is 2.13. The molecule has 0 amide bonds. The van der Waals surface area contributed by atoms with Gasteiger partial charge in [0, 0.05) is 12.8 Å². The average molecular weight is 263 g/mol. The Bertz CT molecular complexity index is 264. The zero-order valence-electron chi connectivity index (χ0n) is 11.0. The van der Waals surface area contributed by atoms with Crippen molar-refractivity contribution in [1.29, 1.82) is 0 Å². The molecule has 1 atom stereocenters. The number of nitrogens with two attached hydrogens (primary N) is 1. The first-order chi connectivity index (χ1) is 7.33. The van der Waals surface area contributed by atoms with Crippen molar-refractivity contribution < 1.29 is 0 Å². The smallest absolute Gasteiger partial charge is 0.179 e. The lowest BCUT2D eigenvalue weighted by Crippen LogP contribution is -2.16. The fourth-order valence-corrected chi connectivity index (χ4v) is 2.37. The van der Waals surface area contributed by atoms with Gasteiger partial charge in [0.15, 0.2) is 6.49 Å². The van der Waals surface area contributed by atoms with E-state index in [4.69, 9.17) is 17.3 Å². The van der Waals surface area contributed by atoms with Crippen LogP contribution in [0.2, 0.25) is 0 Å². The molecule has 0 radical (unpaired) electrons. The molecule has 0 aromatic carbocycles. The van der Waals surface area contributed by atoms with Gasteiger partial charge in [-0.05, 0) is 30.1 Å². The molecule has 3 N–H and O–H groups in total. The molecule has 16 heavy (non-hydrogen) atoms.